The summed E-state index contributed by atoms with van der Waals surface area (Å²) in [6.45, 7) is 15.6. The lowest BCUT2D eigenvalue weighted by atomic mass is 9.81. The van der Waals surface area contributed by atoms with Crippen LogP contribution in [0, 0.1) is 12.8 Å². The lowest BCUT2D eigenvalue weighted by Gasteiger charge is -2.41. The number of ketones is 1. The number of allylic oxidation sites excluding steroid dienone is 1. The number of rotatable bonds is 9. The van der Waals surface area contributed by atoms with Gasteiger partial charge in [-0.3, -0.25) is 4.79 Å². The van der Waals surface area contributed by atoms with E-state index in [2.05, 4.69) is 55.5 Å². The summed E-state index contributed by atoms with van der Waals surface area (Å²) in [5, 5.41) is 0. The molecule has 0 saturated carbocycles. The molecule has 2 aliphatic rings. The highest BCUT2D eigenvalue weighted by atomic mass is 16.1. The third-order valence-electron chi connectivity index (χ3n) is 7.99. The van der Waals surface area contributed by atoms with Crippen LogP contribution in [0.25, 0.3) is 0 Å². The summed E-state index contributed by atoms with van der Waals surface area (Å²) in [4.78, 5) is 17.1. The molecule has 3 nitrogen and oxygen atoms in total. The monoisotopic (exact) mass is 424 g/mol. The number of Topliss-reactive ketones (excluding diaryl/α,β-unsaturated/α-hetero) is 1. The van der Waals surface area contributed by atoms with Gasteiger partial charge >= 0.3 is 0 Å². The summed E-state index contributed by atoms with van der Waals surface area (Å²) in [7, 11) is 2.25. The van der Waals surface area contributed by atoms with Crippen molar-refractivity contribution in [3.05, 3.63) is 47.0 Å². The van der Waals surface area contributed by atoms with Crippen molar-refractivity contribution >= 4 is 5.78 Å². The highest BCUT2D eigenvalue weighted by Gasteiger charge is 2.28. The van der Waals surface area contributed by atoms with Crippen LogP contribution >= 0.6 is 0 Å². The summed E-state index contributed by atoms with van der Waals surface area (Å²) >= 11 is 0. The smallest absolute Gasteiger partial charge is 0.132 e. The fourth-order valence-electron chi connectivity index (χ4n) is 5.60. The lowest BCUT2D eigenvalue weighted by molar-refractivity contribution is -0.119. The molecule has 31 heavy (non-hydrogen) atoms. The molecule has 0 N–H and O–H groups in total. The summed E-state index contributed by atoms with van der Waals surface area (Å²) in [5.41, 5.74) is 5.70. The van der Waals surface area contributed by atoms with E-state index in [9.17, 15) is 4.79 Å². The Balaban J connectivity index is 1.61. The number of likely N-dealkylation sites (tertiary alicyclic amines) is 2. The standard InChI is InChI=1S/C28H44N2O/c1-6-27(31)11-10-24(21(2)3)20-25-8-7-9-28(22(25)4)23-12-18-30(19-13-23)26-14-16-29(5)17-15-26/h7-9,23-24,26H,2,6,10-20H2,1,3-5H3. The first-order valence-electron chi connectivity index (χ1n) is 12.6. The van der Waals surface area contributed by atoms with Crippen molar-refractivity contribution in [3.63, 3.8) is 0 Å². The number of nitrogens with zero attached hydrogens (tertiary/aromatic N) is 2. The van der Waals surface area contributed by atoms with E-state index in [1.54, 1.807) is 5.56 Å². The van der Waals surface area contributed by atoms with Gasteiger partial charge in [-0.05, 0) is 114 Å². The van der Waals surface area contributed by atoms with E-state index in [1.165, 1.54) is 68.6 Å². The van der Waals surface area contributed by atoms with Crippen LogP contribution in [0.3, 0.4) is 0 Å². The van der Waals surface area contributed by atoms with Crippen LogP contribution in [0.15, 0.2) is 30.4 Å². The Kier molecular flexibility index (Phi) is 8.92. The first-order valence-corrected chi connectivity index (χ1v) is 12.6. The molecule has 1 unspecified atom stereocenters. The van der Waals surface area contributed by atoms with Gasteiger partial charge in [0, 0.05) is 18.9 Å². The largest absolute Gasteiger partial charge is 0.306 e. The highest BCUT2D eigenvalue weighted by Crippen LogP contribution is 2.34. The minimum Gasteiger partial charge on any atom is -0.306 e. The zero-order valence-electron chi connectivity index (χ0n) is 20.5. The summed E-state index contributed by atoms with van der Waals surface area (Å²) in [6.07, 6.45) is 8.51. The fourth-order valence-corrected chi connectivity index (χ4v) is 5.60. The van der Waals surface area contributed by atoms with E-state index < -0.39 is 0 Å². The molecule has 2 heterocycles. The molecule has 3 heteroatoms. The zero-order valence-corrected chi connectivity index (χ0v) is 20.5. The van der Waals surface area contributed by atoms with Crippen molar-refractivity contribution < 1.29 is 4.79 Å². The number of hydrogen-bond donors (Lipinski definition) is 0. The second kappa shape index (κ2) is 11.4. The van der Waals surface area contributed by atoms with E-state index in [-0.39, 0.29) is 0 Å². The number of carbonyl (C=O) groups excluding carboxylic acids is 1. The predicted octanol–water partition coefficient (Wildman–Crippen LogP) is 5.76. The molecular weight excluding hydrogens is 380 g/mol. The molecule has 1 aromatic rings. The van der Waals surface area contributed by atoms with Gasteiger partial charge in [-0.2, -0.15) is 0 Å². The van der Waals surface area contributed by atoms with Gasteiger partial charge in [0.05, 0.1) is 0 Å². The molecule has 1 atom stereocenters. The molecule has 3 rings (SSSR count). The summed E-state index contributed by atoms with van der Waals surface area (Å²) in [6, 6.07) is 7.72. The van der Waals surface area contributed by atoms with Crippen LogP contribution < -0.4 is 0 Å². The van der Waals surface area contributed by atoms with Crippen molar-refractivity contribution in [2.75, 3.05) is 33.2 Å². The first-order chi connectivity index (χ1) is 14.9. The third kappa shape index (κ3) is 6.52. The third-order valence-corrected chi connectivity index (χ3v) is 7.99. The molecule has 0 aliphatic carbocycles. The number of piperidine rings is 2. The highest BCUT2D eigenvalue weighted by molar-refractivity contribution is 5.77. The normalized spacial score (nSPS) is 20.6. The Hall–Kier alpha value is -1.45. The van der Waals surface area contributed by atoms with Crippen molar-refractivity contribution in [3.8, 4) is 0 Å². The SMILES string of the molecule is C=C(C)C(CCC(=O)CC)Cc1cccc(C2CCN(C3CCN(C)CC3)CC2)c1C. The minimum absolute atomic E-state index is 0.369. The van der Waals surface area contributed by atoms with Crippen LogP contribution in [-0.4, -0.2) is 54.9 Å². The number of benzene rings is 1. The van der Waals surface area contributed by atoms with Crippen molar-refractivity contribution in [2.45, 2.75) is 84.1 Å². The van der Waals surface area contributed by atoms with Gasteiger partial charge in [-0.15, -0.1) is 0 Å². The summed E-state index contributed by atoms with van der Waals surface area (Å²) < 4.78 is 0. The topological polar surface area (TPSA) is 23.6 Å². The quantitative estimate of drug-likeness (QED) is 0.471. The molecule has 0 bridgehead atoms. The summed E-state index contributed by atoms with van der Waals surface area (Å²) in [5.74, 6) is 1.45. The van der Waals surface area contributed by atoms with E-state index >= 15 is 0 Å². The second-order valence-electron chi connectivity index (χ2n) is 10.2. The Morgan fingerprint density at radius 3 is 2.42 bits per heavy atom. The maximum absolute atomic E-state index is 11.8. The van der Waals surface area contributed by atoms with E-state index in [0.717, 1.165) is 18.9 Å². The number of hydrogen-bond acceptors (Lipinski definition) is 3. The average molecular weight is 425 g/mol. The van der Waals surface area contributed by atoms with Gasteiger partial charge in [0.2, 0.25) is 0 Å². The van der Waals surface area contributed by atoms with Crippen LogP contribution in [0.2, 0.25) is 0 Å². The molecule has 0 amide bonds. The molecular formula is C28H44N2O. The van der Waals surface area contributed by atoms with Crippen LogP contribution in [0.5, 0.6) is 0 Å². The van der Waals surface area contributed by atoms with Crippen LogP contribution in [0.4, 0.5) is 0 Å². The van der Waals surface area contributed by atoms with E-state index in [0.29, 0.717) is 30.5 Å². The molecule has 2 aliphatic heterocycles. The van der Waals surface area contributed by atoms with Crippen LogP contribution in [0.1, 0.15) is 81.4 Å². The molecule has 2 saturated heterocycles. The fraction of sp³-hybridized carbons (Fsp3) is 0.679. The molecule has 172 valence electrons. The van der Waals surface area contributed by atoms with Gasteiger partial charge in [0.1, 0.15) is 5.78 Å². The molecule has 2 fully saturated rings. The van der Waals surface area contributed by atoms with Gasteiger partial charge in [0.15, 0.2) is 0 Å². The van der Waals surface area contributed by atoms with Crippen molar-refractivity contribution in [1.29, 1.82) is 0 Å². The van der Waals surface area contributed by atoms with Gasteiger partial charge in [-0.1, -0.05) is 37.3 Å². The zero-order chi connectivity index (χ0) is 22.4. The average Bonchev–Trinajstić information content (AvgIpc) is 2.78. The Bertz CT molecular complexity index is 739. The van der Waals surface area contributed by atoms with E-state index in [1.807, 2.05) is 6.92 Å². The maximum Gasteiger partial charge on any atom is 0.132 e. The van der Waals surface area contributed by atoms with Gasteiger partial charge in [0.25, 0.3) is 0 Å². The maximum atomic E-state index is 11.8. The first kappa shape index (κ1) is 24.2. The second-order valence-corrected chi connectivity index (χ2v) is 10.2. The Labute approximate surface area is 190 Å². The van der Waals surface area contributed by atoms with Gasteiger partial charge < -0.3 is 9.80 Å². The van der Waals surface area contributed by atoms with Crippen molar-refractivity contribution in [2.24, 2.45) is 5.92 Å². The van der Waals surface area contributed by atoms with Crippen molar-refractivity contribution in [1.82, 2.24) is 9.80 Å². The molecule has 0 radical (unpaired) electrons. The molecule has 0 aromatic heterocycles. The minimum atomic E-state index is 0.369. The predicted molar refractivity (Wildman–Crippen MR) is 132 cm³/mol. The Morgan fingerprint density at radius 2 is 1.81 bits per heavy atom. The van der Waals surface area contributed by atoms with E-state index in [4.69, 9.17) is 0 Å². The molecule has 1 aromatic carbocycles. The van der Waals surface area contributed by atoms with Gasteiger partial charge in [-0.25, -0.2) is 0 Å². The Morgan fingerprint density at radius 1 is 1.13 bits per heavy atom. The molecule has 0 spiro atoms. The number of carbonyl (C=O) groups is 1. The lowest BCUT2D eigenvalue weighted by Crippen LogP contribution is -2.46. The van der Waals surface area contributed by atoms with Crippen LogP contribution in [-0.2, 0) is 11.2 Å².